The van der Waals surface area contributed by atoms with Crippen molar-refractivity contribution in [2.45, 2.75) is 6.92 Å². The van der Waals surface area contributed by atoms with Gasteiger partial charge in [-0.2, -0.15) is 0 Å². The van der Waals surface area contributed by atoms with E-state index < -0.39 is 5.82 Å². The van der Waals surface area contributed by atoms with Crippen molar-refractivity contribution in [2.75, 3.05) is 18.2 Å². The third kappa shape index (κ3) is 2.74. The number of nitrogens with one attached hydrogen (secondary N) is 1. The second-order valence-corrected chi connectivity index (χ2v) is 4.52. The van der Waals surface area contributed by atoms with Gasteiger partial charge in [0.25, 0.3) is 0 Å². The van der Waals surface area contributed by atoms with E-state index >= 15 is 0 Å². The highest BCUT2D eigenvalue weighted by Crippen LogP contribution is 2.32. The van der Waals surface area contributed by atoms with Crippen LogP contribution >= 0.6 is 11.6 Å². The first kappa shape index (κ1) is 13.5. The number of anilines is 3. The fourth-order valence-electron chi connectivity index (χ4n) is 1.73. The second-order valence-electron chi connectivity index (χ2n) is 4.11. The molecule has 0 amide bonds. The Morgan fingerprint density at radius 1 is 1.26 bits per heavy atom. The molecule has 2 aromatic carbocycles. The summed E-state index contributed by atoms with van der Waals surface area (Å²) in [4.78, 5) is 0. The molecule has 0 saturated carbocycles. The third-order valence-corrected chi connectivity index (χ3v) is 3.27. The van der Waals surface area contributed by atoms with Gasteiger partial charge in [-0.15, -0.1) is 0 Å². The summed E-state index contributed by atoms with van der Waals surface area (Å²) in [6.07, 6.45) is 0. The molecule has 0 radical (unpaired) electrons. The second kappa shape index (κ2) is 5.36. The molecule has 0 unspecified atom stereocenters. The Bertz CT molecular complexity index is 617. The van der Waals surface area contributed by atoms with Crippen molar-refractivity contribution in [1.29, 1.82) is 0 Å². The van der Waals surface area contributed by atoms with Gasteiger partial charge in [-0.1, -0.05) is 17.7 Å². The van der Waals surface area contributed by atoms with Gasteiger partial charge in [0.2, 0.25) is 0 Å². The summed E-state index contributed by atoms with van der Waals surface area (Å²) in [5.74, 6) is -0.0266. The molecule has 100 valence electrons. The van der Waals surface area contributed by atoms with Gasteiger partial charge in [-0.25, -0.2) is 4.39 Å². The zero-order valence-corrected chi connectivity index (χ0v) is 11.4. The van der Waals surface area contributed by atoms with E-state index in [1.807, 2.05) is 13.0 Å². The lowest BCUT2D eigenvalue weighted by Gasteiger charge is -2.13. The predicted octanol–water partition coefficient (Wildman–Crippen LogP) is 4.12. The fraction of sp³-hybridized carbons (Fsp3) is 0.143. The van der Waals surface area contributed by atoms with Crippen LogP contribution in [0, 0.1) is 12.7 Å². The SMILES string of the molecule is COc1cc(Nc2cccc(Cl)c2C)c(F)cc1N. The number of hydrogen-bond acceptors (Lipinski definition) is 3. The van der Waals surface area contributed by atoms with Crippen molar-refractivity contribution >= 4 is 28.7 Å². The molecule has 3 N–H and O–H groups in total. The molecular weight excluding hydrogens is 267 g/mol. The number of nitrogens with two attached hydrogens (primary N) is 1. The Balaban J connectivity index is 2.41. The van der Waals surface area contributed by atoms with Crippen molar-refractivity contribution in [3.05, 3.63) is 46.7 Å². The van der Waals surface area contributed by atoms with E-state index in [4.69, 9.17) is 22.1 Å². The molecule has 0 atom stereocenters. The van der Waals surface area contributed by atoms with Crippen molar-refractivity contribution in [3.8, 4) is 5.75 Å². The Hall–Kier alpha value is -1.94. The van der Waals surface area contributed by atoms with Crippen molar-refractivity contribution in [3.63, 3.8) is 0 Å². The summed E-state index contributed by atoms with van der Waals surface area (Å²) in [5.41, 5.74) is 7.76. The molecule has 2 aromatic rings. The number of nitrogen functional groups attached to an aromatic ring is 1. The maximum atomic E-state index is 13.9. The van der Waals surface area contributed by atoms with Gasteiger partial charge in [-0.05, 0) is 24.6 Å². The highest BCUT2D eigenvalue weighted by Gasteiger charge is 2.10. The summed E-state index contributed by atoms with van der Waals surface area (Å²) >= 11 is 6.03. The lowest BCUT2D eigenvalue weighted by atomic mass is 10.2. The average molecular weight is 281 g/mol. The van der Waals surface area contributed by atoms with E-state index in [-0.39, 0.29) is 11.4 Å². The van der Waals surface area contributed by atoms with E-state index in [2.05, 4.69) is 5.32 Å². The van der Waals surface area contributed by atoms with Crippen LogP contribution in [0.2, 0.25) is 5.02 Å². The summed E-state index contributed by atoms with van der Waals surface area (Å²) in [5, 5.41) is 3.61. The van der Waals surface area contributed by atoms with Gasteiger partial charge in [0.15, 0.2) is 0 Å². The molecule has 5 heteroatoms. The smallest absolute Gasteiger partial charge is 0.148 e. The zero-order valence-electron chi connectivity index (χ0n) is 10.6. The quantitative estimate of drug-likeness (QED) is 0.831. The molecule has 2 rings (SSSR count). The minimum absolute atomic E-state index is 0.258. The maximum Gasteiger partial charge on any atom is 0.148 e. The van der Waals surface area contributed by atoms with Gasteiger partial charge >= 0.3 is 0 Å². The van der Waals surface area contributed by atoms with E-state index in [0.717, 1.165) is 11.3 Å². The molecule has 0 aliphatic carbocycles. The van der Waals surface area contributed by atoms with Crippen molar-refractivity contribution in [2.24, 2.45) is 0 Å². The molecule has 19 heavy (non-hydrogen) atoms. The molecule has 0 aromatic heterocycles. The number of rotatable bonds is 3. The van der Waals surface area contributed by atoms with Crippen LogP contribution in [0.15, 0.2) is 30.3 Å². The van der Waals surface area contributed by atoms with Crippen molar-refractivity contribution in [1.82, 2.24) is 0 Å². The van der Waals surface area contributed by atoms with E-state index in [1.165, 1.54) is 19.2 Å². The summed E-state index contributed by atoms with van der Waals surface area (Å²) in [7, 11) is 1.48. The lowest BCUT2D eigenvalue weighted by Crippen LogP contribution is -2.00. The summed E-state index contributed by atoms with van der Waals surface area (Å²) in [6, 6.07) is 8.14. The third-order valence-electron chi connectivity index (χ3n) is 2.86. The number of benzene rings is 2. The summed E-state index contributed by atoms with van der Waals surface area (Å²) < 4.78 is 18.9. The van der Waals surface area contributed by atoms with Crippen molar-refractivity contribution < 1.29 is 9.13 Å². The topological polar surface area (TPSA) is 47.3 Å². The van der Waals surface area contributed by atoms with E-state index in [0.29, 0.717) is 10.8 Å². The van der Waals surface area contributed by atoms with Gasteiger partial charge in [0, 0.05) is 22.8 Å². The van der Waals surface area contributed by atoms with Crippen LogP contribution in [-0.4, -0.2) is 7.11 Å². The molecule has 0 aliphatic heterocycles. The van der Waals surface area contributed by atoms with Crippen LogP contribution in [-0.2, 0) is 0 Å². The first-order valence-corrected chi connectivity index (χ1v) is 6.06. The molecule has 0 heterocycles. The number of methoxy groups -OCH3 is 1. The van der Waals surface area contributed by atoms with Gasteiger partial charge in [-0.3, -0.25) is 0 Å². The van der Waals surface area contributed by atoms with Crippen LogP contribution in [0.3, 0.4) is 0 Å². The number of halogens is 2. The number of hydrogen-bond donors (Lipinski definition) is 2. The van der Waals surface area contributed by atoms with Gasteiger partial charge < -0.3 is 15.8 Å². The highest BCUT2D eigenvalue weighted by atomic mass is 35.5. The molecule has 0 bridgehead atoms. The molecule has 0 spiro atoms. The Kier molecular flexibility index (Phi) is 3.81. The molecule has 3 nitrogen and oxygen atoms in total. The van der Waals surface area contributed by atoms with Crippen LogP contribution in [0.1, 0.15) is 5.56 Å². The van der Waals surface area contributed by atoms with Gasteiger partial charge in [0.05, 0.1) is 18.5 Å². The normalized spacial score (nSPS) is 10.3. The predicted molar refractivity (Wildman–Crippen MR) is 76.8 cm³/mol. The fourth-order valence-corrected chi connectivity index (χ4v) is 1.90. The first-order chi connectivity index (χ1) is 9.02. The first-order valence-electron chi connectivity index (χ1n) is 5.68. The van der Waals surface area contributed by atoms with Gasteiger partial charge in [0.1, 0.15) is 11.6 Å². The Morgan fingerprint density at radius 3 is 2.68 bits per heavy atom. The highest BCUT2D eigenvalue weighted by molar-refractivity contribution is 6.31. The number of ether oxygens (including phenoxy) is 1. The van der Waals surface area contributed by atoms with E-state index in [1.54, 1.807) is 12.1 Å². The maximum absolute atomic E-state index is 13.9. The molecule has 0 fully saturated rings. The largest absolute Gasteiger partial charge is 0.495 e. The average Bonchev–Trinajstić information content (AvgIpc) is 2.38. The van der Waals surface area contributed by atoms with Crippen LogP contribution in [0.5, 0.6) is 5.75 Å². The van der Waals surface area contributed by atoms with Crippen LogP contribution in [0.4, 0.5) is 21.5 Å². The monoisotopic (exact) mass is 280 g/mol. The Labute approximate surface area is 116 Å². The van der Waals surface area contributed by atoms with Crippen LogP contribution in [0.25, 0.3) is 0 Å². The standard InChI is InChI=1S/C14H14ClFN2O/c1-8-9(15)4-3-5-12(8)18-13-7-14(19-2)11(17)6-10(13)16/h3-7,18H,17H2,1-2H3. The zero-order chi connectivity index (χ0) is 14.0. The summed E-state index contributed by atoms with van der Waals surface area (Å²) in [6.45, 7) is 1.86. The minimum Gasteiger partial charge on any atom is -0.495 e. The van der Waals surface area contributed by atoms with Crippen LogP contribution < -0.4 is 15.8 Å². The Morgan fingerprint density at radius 2 is 2.00 bits per heavy atom. The minimum atomic E-state index is -0.447. The molecular formula is C14H14ClFN2O. The molecule has 0 saturated heterocycles. The van der Waals surface area contributed by atoms with E-state index in [9.17, 15) is 4.39 Å². The molecule has 0 aliphatic rings. The lowest BCUT2D eigenvalue weighted by molar-refractivity contribution is 0.416.